The number of hydrogen-bond donors (Lipinski definition) is 0. The van der Waals surface area contributed by atoms with Crippen LogP contribution in [0, 0.1) is 13.8 Å². The molecule has 0 spiro atoms. The molecule has 0 unspecified atom stereocenters. The number of hydrogen-bond acceptors (Lipinski definition) is 0. The Kier molecular flexibility index (Phi) is 11.4. The van der Waals surface area contributed by atoms with Crippen LogP contribution >= 0.6 is 7.92 Å². The van der Waals surface area contributed by atoms with Crippen LogP contribution in [0.15, 0.2) is 36.4 Å². The molecule has 0 radical (unpaired) electrons. The van der Waals surface area contributed by atoms with Gasteiger partial charge in [-0.05, 0) is 60.7 Å². The van der Waals surface area contributed by atoms with Crippen molar-refractivity contribution in [3.63, 3.8) is 0 Å². The van der Waals surface area contributed by atoms with Gasteiger partial charge in [-0.2, -0.15) is 9.13 Å². The molecule has 0 aliphatic heterocycles. The summed E-state index contributed by atoms with van der Waals surface area (Å²) >= 11 is 0. The summed E-state index contributed by atoms with van der Waals surface area (Å²) < 4.78 is 5.62. The summed E-state index contributed by atoms with van der Waals surface area (Å²) in [6, 6.07) is 14.3. The van der Waals surface area contributed by atoms with Crippen molar-refractivity contribution >= 4 is 7.92 Å². The van der Waals surface area contributed by atoms with Crippen LogP contribution < -0.4 is 4.57 Å². The van der Waals surface area contributed by atoms with E-state index in [4.69, 9.17) is 0 Å². The van der Waals surface area contributed by atoms with Gasteiger partial charge in [-0.15, -0.1) is 0 Å². The Labute approximate surface area is 278 Å². The molecule has 5 rings (SSSR count). The first kappa shape index (κ1) is 34.4. The maximum absolute atomic E-state index is 2.81. The smallest absolute Gasteiger partial charge is 0.196 e. The lowest BCUT2D eigenvalue weighted by atomic mass is 9.92. The third-order valence-electron chi connectivity index (χ3n) is 11.3. The molecule has 246 valence electrons. The van der Waals surface area contributed by atoms with Crippen LogP contribution in [0.2, 0.25) is 0 Å². The minimum atomic E-state index is -0.127. The summed E-state index contributed by atoms with van der Waals surface area (Å²) in [5, 5.41) is 0. The van der Waals surface area contributed by atoms with E-state index in [1.807, 2.05) is 0 Å². The number of nitrogens with zero attached hydrogens (tertiary/aromatic N) is 2. The van der Waals surface area contributed by atoms with E-state index < -0.39 is 0 Å². The minimum absolute atomic E-state index is 0.127. The van der Waals surface area contributed by atoms with E-state index in [2.05, 4.69) is 115 Å². The molecule has 2 aliphatic carbocycles. The van der Waals surface area contributed by atoms with Gasteiger partial charge in [-0.25, -0.2) is 0 Å². The average molecular weight is 628 g/mol. The molecule has 3 heteroatoms. The third-order valence-corrected chi connectivity index (χ3v) is 14.8. The summed E-state index contributed by atoms with van der Waals surface area (Å²) in [6.07, 6.45) is 15.7. The van der Waals surface area contributed by atoms with E-state index >= 15 is 0 Å². The normalized spacial score (nSPS) is 17.1. The van der Waals surface area contributed by atoms with E-state index in [0.717, 1.165) is 11.3 Å². The van der Waals surface area contributed by atoms with E-state index in [-0.39, 0.29) is 7.92 Å². The molecule has 1 heterocycles. The van der Waals surface area contributed by atoms with Gasteiger partial charge in [-0.3, -0.25) is 0 Å². The van der Waals surface area contributed by atoms with Gasteiger partial charge in [0.2, 0.25) is 0 Å². The first-order valence-electron chi connectivity index (χ1n) is 18.7. The fourth-order valence-corrected chi connectivity index (χ4v) is 12.4. The highest BCUT2D eigenvalue weighted by molar-refractivity contribution is 7.58. The maximum atomic E-state index is 2.81. The van der Waals surface area contributed by atoms with Gasteiger partial charge in [0, 0.05) is 36.1 Å². The minimum Gasteiger partial charge on any atom is -0.196 e. The largest absolute Gasteiger partial charge is 0.271 e. The Hall–Kier alpha value is -1.92. The molecule has 3 aromatic rings. The van der Waals surface area contributed by atoms with Crippen molar-refractivity contribution < 1.29 is 4.57 Å². The molecule has 2 aliphatic rings. The van der Waals surface area contributed by atoms with Gasteiger partial charge in [-0.1, -0.05) is 138 Å². The summed E-state index contributed by atoms with van der Waals surface area (Å²) in [4.78, 5) is 0. The Balaban J connectivity index is 1.87. The standard InChI is InChI=1S/C42H64N2P/c1-28(2)36-23-17-24-37(29(3)4)41(36)43-32(9)33(10)44(42-38(30(5)6)25-18-26-39(42)31(7)8)40(43)27-45(34-19-13-11-14-20-34)35-21-15-12-16-22-35/h17-18,23-26,28-31,34-35H,11-16,19-22,27H2,1-10H3/q+1. The molecule has 0 saturated heterocycles. The van der Waals surface area contributed by atoms with Crippen molar-refractivity contribution in [3.8, 4) is 11.4 Å². The van der Waals surface area contributed by atoms with Gasteiger partial charge < -0.3 is 0 Å². The van der Waals surface area contributed by atoms with Crippen LogP contribution in [0.4, 0.5) is 0 Å². The topological polar surface area (TPSA) is 8.81 Å². The lowest BCUT2D eigenvalue weighted by Gasteiger charge is -2.38. The number of benzene rings is 2. The molecular formula is C42H64N2P+. The second-order valence-corrected chi connectivity index (χ2v) is 18.5. The van der Waals surface area contributed by atoms with E-state index in [1.165, 1.54) is 115 Å². The molecular weight excluding hydrogens is 563 g/mol. The molecule has 0 amide bonds. The van der Waals surface area contributed by atoms with Gasteiger partial charge >= 0.3 is 0 Å². The lowest BCUT2D eigenvalue weighted by molar-refractivity contribution is -0.610. The molecule has 45 heavy (non-hydrogen) atoms. The van der Waals surface area contributed by atoms with Gasteiger partial charge in [0.05, 0.1) is 6.16 Å². The Morgan fingerprint density at radius 2 is 1.02 bits per heavy atom. The predicted molar refractivity (Wildman–Crippen MR) is 198 cm³/mol. The van der Waals surface area contributed by atoms with Crippen LogP contribution in [0.3, 0.4) is 0 Å². The van der Waals surface area contributed by atoms with Gasteiger partial charge in [0.25, 0.3) is 5.82 Å². The van der Waals surface area contributed by atoms with Crippen LogP contribution in [-0.4, -0.2) is 15.9 Å². The van der Waals surface area contributed by atoms with Crippen molar-refractivity contribution in [2.45, 2.75) is 175 Å². The second-order valence-electron chi connectivity index (χ2n) is 15.7. The molecule has 0 atom stereocenters. The zero-order valence-corrected chi connectivity index (χ0v) is 31.4. The third kappa shape index (κ3) is 7.03. The Morgan fingerprint density at radius 1 is 0.622 bits per heavy atom. The number of para-hydroxylation sites is 2. The van der Waals surface area contributed by atoms with Crippen molar-refractivity contribution in [3.05, 3.63) is 75.9 Å². The molecule has 0 bridgehead atoms. The van der Waals surface area contributed by atoms with Gasteiger partial charge in [0.1, 0.15) is 22.8 Å². The summed E-state index contributed by atoms with van der Waals surface area (Å²) in [7, 11) is -0.127. The van der Waals surface area contributed by atoms with Crippen molar-refractivity contribution in [1.29, 1.82) is 0 Å². The van der Waals surface area contributed by atoms with E-state index in [0.29, 0.717) is 23.7 Å². The predicted octanol–water partition coefficient (Wildman–Crippen LogP) is 12.5. The quantitative estimate of drug-likeness (QED) is 0.156. The second kappa shape index (κ2) is 14.9. The highest BCUT2D eigenvalue weighted by atomic mass is 31.1. The van der Waals surface area contributed by atoms with Crippen molar-refractivity contribution in [2.24, 2.45) is 0 Å². The van der Waals surface area contributed by atoms with Crippen molar-refractivity contribution in [1.82, 2.24) is 4.57 Å². The van der Waals surface area contributed by atoms with Crippen molar-refractivity contribution in [2.75, 3.05) is 0 Å². The van der Waals surface area contributed by atoms with E-state index in [9.17, 15) is 0 Å². The number of rotatable bonds is 10. The maximum Gasteiger partial charge on any atom is 0.271 e. The molecule has 2 saturated carbocycles. The fourth-order valence-electron chi connectivity index (χ4n) is 8.63. The average Bonchev–Trinajstić information content (AvgIpc) is 3.27. The van der Waals surface area contributed by atoms with Crippen LogP contribution in [0.1, 0.15) is 183 Å². The Morgan fingerprint density at radius 3 is 1.42 bits per heavy atom. The molecule has 0 N–H and O–H groups in total. The van der Waals surface area contributed by atoms with Crippen LogP contribution in [-0.2, 0) is 6.16 Å². The van der Waals surface area contributed by atoms with E-state index in [1.54, 1.807) is 5.82 Å². The SMILES string of the molecule is Cc1c(C)[n+](-c2c(C(C)C)cccc2C(C)C)c(CP(C2CCCCC2)C2CCCCC2)n1-c1c(C(C)C)cccc1C(C)C. The zero-order chi connectivity index (χ0) is 32.4. The number of imidazole rings is 1. The first-order valence-corrected chi connectivity index (χ1v) is 20.3. The van der Waals surface area contributed by atoms with Gasteiger partial charge in [0.15, 0.2) is 0 Å². The molecule has 1 aromatic heterocycles. The van der Waals surface area contributed by atoms with Crippen LogP contribution in [0.25, 0.3) is 11.4 Å². The fraction of sp³-hybridized carbons (Fsp3) is 0.643. The molecule has 2 fully saturated rings. The highest BCUT2D eigenvalue weighted by Gasteiger charge is 2.39. The molecule has 2 nitrogen and oxygen atoms in total. The summed E-state index contributed by atoms with van der Waals surface area (Å²) in [6.45, 7) is 24.0. The highest BCUT2D eigenvalue weighted by Crippen LogP contribution is 2.58. The Bertz CT molecular complexity index is 1270. The number of aromatic nitrogens is 2. The first-order chi connectivity index (χ1) is 21.5. The van der Waals surface area contributed by atoms with Crippen LogP contribution in [0.5, 0.6) is 0 Å². The summed E-state index contributed by atoms with van der Waals surface area (Å²) in [5.41, 5.74) is 13.6. The lowest BCUT2D eigenvalue weighted by Crippen LogP contribution is -2.41. The summed E-state index contributed by atoms with van der Waals surface area (Å²) in [5.74, 6) is 3.44. The monoisotopic (exact) mass is 627 g/mol. The zero-order valence-electron chi connectivity index (χ0n) is 30.5. The molecule has 2 aromatic carbocycles.